The third-order valence-electron chi connectivity index (χ3n) is 2.91. The number of carbonyl (C=O) groups excluding carboxylic acids is 1. The van der Waals surface area contributed by atoms with Crippen molar-refractivity contribution in [1.82, 2.24) is 5.01 Å². The first-order valence-corrected chi connectivity index (χ1v) is 9.91. The van der Waals surface area contributed by atoms with Gasteiger partial charge in [0.05, 0.1) is 11.3 Å². The van der Waals surface area contributed by atoms with Gasteiger partial charge in [-0.1, -0.05) is 5.22 Å². The number of halogens is 2. The number of ketones is 1. The lowest BCUT2D eigenvalue weighted by atomic mass is 10.0. The molecule has 0 radical (unpaired) electrons. The fraction of sp³-hybridized carbons (Fsp3) is 0.133. The summed E-state index contributed by atoms with van der Waals surface area (Å²) in [6.07, 6.45) is 0. The Morgan fingerprint density at radius 1 is 1.12 bits per heavy atom. The van der Waals surface area contributed by atoms with Gasteiger partial charge >= 0.3 is 10.4 Å². The second kappa shape index (κ2) is 8.25. The first-order valence-electron chi connectivity index (χ1n) is 6.96. The highest BCUT2D eigenvalue weighted by Gasteiger charge is 2.19. The van der Waals surface area contributed by atoms with Crippen molar-refractivity contribution >= 4 is 53.7 Å². The van der Waals surface area contributed by atoms with Crippen molar-refractivity contribution in [1.29, 1.82) is 0 Å². The Morgan fingerprint density at radius 3 is 2.12 bits per heavy atom. The lowest BCUT2D eigenvalue weighted by Crippen LogP contribution is -2.08. The smallest absolute Gasteiger partial charge is 0.362 e. The van der Waals surface area contributed by atoms with Gasteiger partial charge in [0.25, 0.3) is 0 Å². The molecule has 2 aromatic carbocycles. The highest BCUT2D eigenvalue weighted by atomic mass is 79.9. The van der Waals surface area contributed by atoms with E-state index < -0.39 is 10.4 Å². The molecular weight excluding hydrogens is 494 g/mol. The SMILES string of the molecule is CN(C)N=Nc1ccc(C(=O)c2c(Br)cc(OS(=O)(=O)O)cc2Br)cc1. The zero-order valence-corrected chi connectivity index (χ0v) is 17.5. The van der Waals surface area contributed by atoms with Gasteiger partial charge in [0.1, 0.15) is 5.75 Å². The molecule has 0 aromatic heterocycles. The molecule has 0 heterocycles. The highest BCUT2D eigenvalue weighted by molar-refractivity contribution is 9.11. The van der Waals surface area contributed by atoms with E-state index in [2.05, 4.69) is 46.4 Å². The molecule has 0 saturated heterocycles. The van der Waals surface area contributed by atoms with Crippen LogP contribution in [-0.2, 0) is 10.4 Å². The number of hydrogen-bond donors (Lipinski definition) is 1. The van der Waals surface area contributed by atoms with Crippen LogP contribution < -0.4 is 4.18 Å². The molecule has 138 valence electrons. The van der Waals surface area contributed by atoms with Crippen LogP contribution >= 0.6 is 31.9 Å². The van der Waals surface area contributed by atoms with Crippen LogP contribution in [0.4, 0.5) is 5.69 Å². The molecule has 26 heavy (non-hydrogen) atoms. The van der Waals surface area contributed by atoms with Crippen LogP contribution in [0.15, 0.2) is 55.7 Å². The van der Waals surface area contributed by atoms with Crippen LogP contribution in [0.5, 0.6) is 5.75 Å². The molecule has 2 aromatic rings. The van der Waals surface area contributed by atoms with Gasteiger partial charge in [0.15, 0.2) is 5.78 Å². The van der Waals surface area contributed by atoms with Crippen LogP contribution in [-0.4, -0.2) is 37.9 Å². The molecule has 0 bridgehead atoms. The monoisotopic (exact) mass is 505 g/mol. The largest absolute Gasteiger partial charge is 0.446 e. The van der Waals surface area contributed by atoms with E-state index in [1.807, 2.05) is 0 Å². The van der Waals surface area contributed by atoms with E-state index in [1.165, 1.54) is 12.1 Å². The van der Waals surface area contributed by atoms with E-state index in [4.69, 9.17) is 4.55 Å². The van der Waals surface area contributed by atoms with Gasteiger partial charge in [0, 0.05) is 28.6 Å². The number of carbonyl (C=O) groups is 1. The molecular formula is C15H13Br2N3O5S. The molecule has 11 heteroatoms. The molecule has 0 aliphatic carbocycles. The minimum atomic E-state index is -4.66. The third kappa shape index (κ3) is 5.59. The standard InChI is InChI=1S/C15H13Br2N3O5S/c1-20(2)19-18-10-5-3-9(4-6-10)15(21)14-12(16)7-11(8-13(14)17)25-26(22,23)24/h3-8H,1-2H3,(H,22,23,24). The Morgan fingerprint density at radius 2 is 1.65 bits per heavy atom. The molecule has 0 aliphatic rings. The number of hydrogen-bond acceptors (Lipinski definition) is 6. The van der Waals surface area contributed by atoms with Crippen LogP contribution in [0.3, 0.4) is 0 Å². The zero-order valence-electron chi connectivity index (χ0n) is 13.6. The zero-order chi connectivity index (χ0) is 19.5. The average Bonchev–Trinajstić information content (AvgIpc) is 2.51. The van der Waals surface area contributed by atoms with Crippen molar-refractivity contribution in [2.45, 2.75) is 0 Å². The van der Waals surface area contributed by atoms with Crippen LogP contribution in [0, 0.1) is 0 Å². The summed E-state index contributed by atoms with van der Waals surface area (Å²) in [4.78, 5) is 12.7. The molecule has 0 unspecified atom stereocenters. The molecule has 0 amide bonds. The van der Waals surface area contributed by atoms with Crippen molar-refractivity contribution in [3.05, 3.63) is 56.5 Å². The van der Waals surface area contributed by atoms with Crippen molar-refractivity contribution in [2.75, 3.05) is 14.1 Å². The van der Waals surface area contributed by atoms with E-state index in [0.717, 1.165) is 0 Å². The molecule has 2 rings (SSSR count). The maximum atomic E-state index is 12.7. The van der Waals surface area contributed by atoms with Gasteiger partial charge < -0.3 is 4.18 Å². The summed E-state index contributed by atoms with van der Waals surface area (Å²) >= 11 is 6.42. The van der Waals surface area contributed by atoms with Gasteiger partial charge in [-0.25, -0.2) is 0 Å². The van der Waals surface area contributed by atoms with Gasteiger partial charge in [-0.3, -0.25) is 14.4 Å². The van der Waals surface area contributed by atoms with E-state index in [9.17, 15) is 13.2 Å². The lowest BCUT2D eigenvalue weighted by molar-refractivity contribution is 0.103. The van der Waals surface area contributed by atoms with Crippen LogP contribution in [0.25, 0.3) is 0 Å². The summed E-state index contributed by atoms with van der Waals surface area (Å²) in [5, 5.41) is 9.40. The predicted molar refractivity (Wildman–Crippen MR) is 102 cm³/mol. The Bertz CT molecular complexity index is 937. The third-order valence-corrected chi connectivity index (χ3v) is 4.57. The Balaban J connectivity index is 2.32. The van der Waals surface area contributed by atoms with Crippen molar-refractivity contribution in [3.63, 3.8) is 0 Å². The van der Waals surface area contributed by atoms with E-state index in [-0.39, 0.29) is 17.1 Å². The van der Waals surface area contributed by atoms with E-state index in [1.54, 1.807) is 43.4 Å². The first kappa shape index (κ1) is 20.5. The molecule has 1 N–H and O–H groups in total. The van der Waals surface area contributed by atoms with Gasteiger partial charge in [-0.05, 0) is 68.3 Å². The fourth-order valence-corrected chi connectivity index (χ4v) is 3.75. The molecule has 0 saturated carbocycles. The van der Waals surface area contributed by atoms with Crippen LogP contribution in [0.1, 0.15) is 15.9 Å². The topological polar surface area (TPSA) is 109 Å². The fourth-order valence-electron chi connectivity index (χ4n) is 1.90. The normalized spacial score (nSPS) is 11.6. The summed E-state index contributed by atoms with van der Waals surface area (Å²) in [5.74, 6) is -0.458. The Kier molecular flexibility index (Phi) is 6.50. The molecule has 0 spiro atoms. The number of nitrogens with zero attached hydrogens (tertiary/aromatic N) is 3. The van der Waals surface area contributed by atoms with Crippen molar-refractivity contribution in [3.8, 4) is 5.75 Å². The number of benzene rings is 2. The quantitative estimate of drug-likeness (QED) is 0.272. The van der Waals surface area contributed by atoms with Crippen molar-refractivity contribution < 1.29 is 21.9 Å². The van der Waals surface area contributed by atoms with Gasteiger partial charge in [-0.15, -0.1) is 5.11 Å². The first-order chi connectivity index (χ1) is 12.1. The molecule has 8 nitrogen and oxygen atoms in total. The molecule has 0 fully saturated rings. The van der Waals surface area contributed by atoms with E-state index >= 15 is 0 Å². The highest BCUT2D eigenvalue weighted by Crippen LogP contribution is 2.33. The summed E-state index contributed by atoms with van der Waals surface area (Å²) in [6, 6.07) is 9.05. The summed E-state index contributed by atoms with van der Waals surface area (Å²) < 4.78 is 35.4. The lowest BCUT2D eigenvalue weighted by Gasteiger charge is -2.10. The maximum absolute atomic E-state index is 12.7. The molecule has 0 aliphatic heterocycles. The summed E-state index contributed by atoms with van der Waals surface area (Å²) in [7, 11) is -1.18. The average molecular weight is 507 g/mol. The predicted octanol–water partition coefficient (Wildman–Crippen LogP) is 4.18. The number of rotatable bonds is 6. The summed E-state index contributed by atoms with van der Waals surface area (Å²) in [6.45, 7) is 0. The van der Waals surface area contributed by atoms with Gasteiger partial charge in [0.2, 0.25) is 0 Å². The van der Waals surface area contributed by atoms with Gasteiger partial charge in [-0.2, -0.15) is 8.42 Å². The Hall–Kier alpha value is -1.82. The Labute approximate surface area is 167 Å². The van der Waals surface area contributed by atoms with Crippen LogP contribution in [0.2, 0.25) is 0 Å². The second-order valence-corrected chi connectivity index (χ2v) is 7.92. The molecule has 0 atom stereocenters. The van der Waals surface area contributed by atoms with E-state index in [0.29, 0.717) is 20.2 Å². The maximum Gasteiger partial charge on any atom is 0.446 e. The second-order valence-electron chi connectivity index (χ2n) is 5.19. The minimum absolute atomic E-state index is 0.151. The minimum Gasteiger partial charge on any atom is -0.362 e. The van der Waals surface area contributed by atoms with Crippen molar-refractivity contribution in [2.24, 2.45) is 10.3 Å². The summed E-state index contributed by atoms with van der Waals surface area (Å²) in [5.41, 5.74) is 1.26.